The molecule has 1 N–H and O–H groups in total. The van der Waals surface area contributed by atoms with E-state index in [4.69, 9.17) is 9.15 Å². The minimum atomic E-state index is -0.359. The average molecular weight is 265 g/mol. The summed E-state index contributed by atoms with van der Waals surface area (Å²) in [6, 6.07) is 3.55. The molecule has 1 aromatic rings. The minimum Gasteiger partial charge on any atom is -0.465 e. The number of carbonyl (C=O) groups is 1. The first-order valence-corrected chi connectivity index (χ1v) is 6.67. The summed E-state index contributed by atoms with van der Waals surface area (Å²) in [7, 11) is 0. The first kappa shape index (κ1) is 15.5. The number of ether oxygens (including phenoxy) is 1. The molecular formula is C15H23NO3. The number of nitrogens with one attached hydrogen (secondary N) is 1. The van der Waals surface area contributed by atoms with Gasteiger partial charge in [0.2, 0.25) is 0 Å². The van der Waals surface area contributed by atoms with Gasteiger partial charge in [0.1, 0.15) is 12.4 Å². The number of hydrogen-bond donors (Lipinski definition) is 1. The standard InChI is InChI=1S/C15H23NO3/c1-4-5-10-16-15(2,3)12-19-14(17)9-8-13-7-6-11-18-13/h6-9,11,16H,4-5,10,12H2,1-3H3/b9-8+. The third kappa shape index (κ3) is 6.82. The Morgan fingerprint density at radius 1 is 1.53 bits per heavy atom. The third-order valence-electron chi connectivity index (χ3n) is 2.64. The fourth-order valence-corrected chi connectivity index (χ4v) is 1.49. The summed E-state index contributed by atoms with van der Waals surface area (Å²) in [5.41, 5.74) is -0.205. The molecule has 106 valence electrons. The summed E-state index contributed by atoms with van der Waals surface area (Å²) in [4.78, 5) is 11.5. The third-order valence-corrected chi connectivity index (χ3v) is 2.64. The Balaban J connectivity index is 2.29. The van der Waals surface area contributed by atoms with Crippen LogP contribution in [0.4, 0.5) is 0 Å². The molecule has 0 radical (unpaired) electrons. The lowest BCUT2D eigenvalue weighted by molar-refractivity contribution is -0.139. The van der Waals surface area contributed by atoms with Crippen LogP contribution >= 0.6 is 0 Å². The molecule has 0 amide bonds. The molecule has 4 nitrogen and oxygen atoms in total. The van der Waals surface area contributed by atoms with Crippen molar-refractivity contribution in [2.24, 2.45) is 0 Å². The molecular weight excluding hydrogens is 242 g/mol. The Hall–Kier alpha value is -1.55. The van der Waals surface area contributed by atoms with Crippen molar-refractivity contribution in [2.75, 3.05) is 13.2 Å². The van der Waals surface area contributed by atoms with Crippen LogP contribution in [0.5, 0.6) is 0 Å². The van der Waals surface area contributed by atoms with Gasteiger partial charge in [-0.1, -0.05) is 13.3 Å². The van der Waals surface area contributed by atoms with Crippen molar-refractivity contribution in [3.05, 3.63) is 30.2 Å². The summed E-state index contributed by atoms with van der Waals surface area (Å²) < 4.78 is 10.3. The quantitative estimate of drug-likeness (QED) is 0.446. The molecule has 4 heteroatoms. The van der Waals surface area contributed by atoms with Gasteiger partial charge in [-0.25, -0.2) is 4.79 Å². The van der Waals surface area contributed by atoms with E-state index in [0.29, 0.717) is 12.4 Å². The van der Waals surface area contributed by atoms with E-state index in [0.717, 1.165) is 19.4 Å². The molecule has 0 unspecified atom stereocenters. The van der Waals surface area contributed by atoms with Crippen LogP contribution in [0.15, 0.2) is 28.9 Å². The van der Waals surface area contributed by atoms with E-state index in [9.17, 15) is 4.79 Å². The van der Waals surface area contributed by atoms with E-state index >= 15 is 0 Å². The first-order chi connectivity index (χ1) is 9.03. The largest absolute Gasteiger partial charge is 0.465 e. The van der Waals surface area contributed by atoms with E-state index in [-0.39, 0.29) is 11.5 Å². The maximum absolute atomic E-state index is 11.5. The highest BCUT2D eigenvalue weighted by atomic mass is 16.5. The van der Waals surface area contributed by atoms with Crippen LogP contribution in [0, 0.1) is 0 Å². The summed E-state index contributed by atoms with van der Waals surface area (Å²) in [6.07, 6.45) is 6.80. The zero-order valence-corrected chi connectivity index (χ0v) is 11.9. The van der Waals surface area contributed by atoms with Crippen LogP contribution in [-0.2, 0) is 9.53 Å². The SMILES string of the molecule is CCCCNC(C)(C)COC(=O)/C=C/c1ccco1. The summed E-state index contributed by atoms with van der Waals surface area (Å²) in [5, 5.41) is 3.37. The van der Waals surface area contributed by atoms with Gasteiger partial charge in [-0.05, 0) is 45.0 Å². The van der Waals surface area contributed by atoms with Crippen LogP contribution in [0.1, 0.15) is 39.4 Å². The highest BCUT2D eigenvalue weighted by molar-refractivity contribution is 5.86. The molecule has 0 saturated heterocycles. The maximum atomic E-state index is 11.5. The second-order valence-electron chi connectivity index (χ2n) is 5.12. The Bertz CT molecular complexity index is 394. The van der Waals surface area contributed by atoms with Crippen molar-refractivity contribution >= 4 is 12.0 Å². The lowest BCUT2D eigenvalue weighted by Gasteiger charge is -2.25. The maximum Gasteiger partial charge on any atom is 0.330 e. The minimum absolute atomic E-state index is 0.205. The van der Waals surface area contributed by atoms with E-state index in [1.165, 1.54) is 6.08 Å². The molecule has 0 aliphatic heterocycles. The highest BCUT2D eigenvalue weighted by Crippen LogP contribution is 2.05. The van der Waals surface area contributed by atoms with Gasteiger partial charge in [0.25, 0.3) is 0 Å². The molecule has 0 aliphatic rings. The van der Waals surface area contributed by atoms with E-state index in [1.807, 2.05) is 13.8 Å². The van der Waals surface area contributed by atoms with Crippen molar-refractivity contribution in [3.8, 4) is 0 Å². The van der Waals surface area contributed by atoms with Crippen LogP contribution in [-0.4, -0.2) is 24.7 Å². The van der Waals surface area contributed by atoms with Gasteiger partial charge in [0.15, 0.2) is 0 Å². The number of rotatable bonds is 8. The van der Waals surface area contributed by atoms with Crippen LogP contribution in [0.2, 0.25) is 0 Å². The van der Waals surface area contributed by atoms with Crippen LogP contribution < -0.4 is 5.32 Å². The van der Waals surface area contributed by atoms with Gasteiger partial charge in [-0.2, -0.15) is 0 Å². The molecule has 1 aromatic heterocycles. The Kier molecular flexibility index (Phi) is 6.36. The number of hydrogen-bond acceptors (Lipinski definition) is 4. The Labute approximate surface area is 114 Å². The van der Waals surface area contributed by atoms with Crippen LogP contribution in [0.3, 0.4) is 0 Å². The molecule has 0 saturated carbocycles. The van der Waals surface area contributed by atoms with Gasteiger partial charge < -0.3 is 14.5 Å². The zero-order valence-electron chi connectivity index (χ0n) is 11.9. The monoisotopic (exact) mass is 265 g/mol. The van der Waals surface area contributed by atoms with Crippen molar-refractivity contribution < 1.29 is 13.9 Å². The van der Waals surface area contributed by atoms with E-state index in [2.05, 4.69) is 12.2 Å². The van der Waals surface area contributed by atoms with E-state index in [1.54, 1.807) is 24.5 Å². The molecule has 0 atom stereocenters. The Morgan fingerprint density at radius 2 is 2.32 bits per heavy atom. The predicted molar refractivity (Wildman–Crippen MR) is 75.7 cm³/mol. The van der Waals surface area contributed by atoms with Gasteiger partial charge in [0, 0.05) is 11.6 Å². The molecule has 1 heterocycles. The molecule has 0 aromatic carbocycles. The molecule has 0 bridgehead atoms. The topological polar surface area (TPSA) is 51.5 Å². The van der Waals surface area contributed by atoms with E-state index < -0.39 is 0 Å². The van der Waals surface area contributed by atoms with Crippen molar-refractivity contribution in [1.82, 2.24) is 5.32 Å². The van der Waals surface area contributed by atoms with Crippen molar-refractivity contribution in [3.63, 3.8) is 0 Å². The van der Waals surface area contributed by atoms with Gasteiger partial charge in [-0.15, -0.1) is 0 Å². The van der Waals surface area contributed by atoms with Crippen LogP contribution in [0.25, 0.3) is 6.08 Å². The fraction of sp³-hybridized carbons (Fsp3) is 0.533. The fourth-order valence-electron chi connectivity index (χ4n) is 1.49. The summed E-state index contributed by atoms with van der Waals surface area (Å²) >= 11 is 0. The first-order valence-electron chi connectivity index (χ1n) is 6.67. The summed E-state index contributed by atoms with van der Waals surface area (Å²) in [6.45, 7) is 7.47. The zero-order chi connectivity index (χ0) is 14.1. The van der Waals surface area contributed by atoms with Gasteiger partial charge >= 0.3 is 5.97 Å². The highest BCUT2D eigenvalue weighted by Gasteiger charge is 2.18. The second kappa shape index (κ2) is 7.79. The number of furan rings is 1. The number of carbonyl (C=O) groups excluding carboxylic acids is 1. The lowest BCUT2D eigenvalue weighted by Crippen LogP contribution is -2.44. The number of esters is 1. The number of unbranched alkanes of at least 4 members (excludes halogenated alkanes) is 1. The molecule has 1 rings (SSSR count). The lowest BCUT2D eigenvalue weighted by atomic mass is 10.1. The van der Waals surface area contributed by atoms with Gasteiger partial charge in [-0.3, -0.25) is 0 Å². The average Bonchev–Trinajstić information content (AvgIpc) is 2.87. The molecule has 0 aliphatic carbocycles. The van der Waals surface area contributed by atoms with Gasteiger partial charge in [0.05, 0.1) is 6.26 Å². The Morgan fingerprint density at radius 3 is 2.95 bits per heavy atom. The predicted octanol–water partition coefficient (Wildman–Crippen LogP) is 3.00. The smallest absolute Gasteiger partial charge is 0.330 e. The molecule has 0 spiro atoms. The molecule has 19 heavy (non-hydrogen) atoms. The van der Waals surface area contributed by atoms with Crippen molar-refractivity contribution in [2.45, 2.75) is 39.2 Å². The normalized spacial score (nSPS) is 11.9. The van der Waals surface area contributed by atoms with Crippen molar-refractivity contribution in [1.29, 1.82) is 0 Å². The molecule has 0 fully saturated rings. The summed E-state index contributed by atoms with van der Waals surface area (Å²) in [5.74, 6) is 0.277. The second-order valence-corrected chi connectivity index (χ2v) is 5.12.